The first-order valence-corrected chi connectivity index (χ1v) is 11.2. The fourth-order valence-corrected chi connectivity index (χ4v) is 4.89. The molecule has 2 fully saturated rings. The summed E-state index contributed by atoms with van der Waals surface area (Å²) in [4.78, 5) is 36.3. The maximum Gasteiger partial charge on any atom is 0.407 e. The highest BCUT2D eigenvalue weighted by Gasteiger charge is 2.47. The molecule has 1 saturated carbocycles. The van der Waals surface area contributed by atoms with Crippen LogP contribution < -0.4 is 10.6 Å². The van der Waals surface area contributed by atoms with Gasteiger partial charge in [-0.15, -0.1) is 0 Å². The lowest BCUT2D eigenvalue weighted by molar-refractivity contribution is -0.148. The van der Waals surface area contributed by atoms with Crippen molar-refractivity contribution in [2.24, 2.45) is 0 Å². The van der Waals surface area contributed by atoms with Crippen molar-refractivity contribution in [3.63, 3.8) is 0 Å². The number of alkyl carbamates (subject to hydrolysis) is 1. The van der Waals surface area contributed by atoms with Crippen LogP contribution >= 0.6 is 0 Å². The second-order valence-corrected chi connectivity index (χ2v) is 9.00. The van der Waals surface area contributed by atoms with Crippen LogP contribution in [0.25, 0.3) is 11.1 Å². The van der Waals surface area contributed by atoms with Crippen LogP contribution in [0.1, 0.15) is 42.7 Å². The molecule has 1 aliphatic heterocycles. The molecule has 3 N–H and O–H groups in total. The third kappa shape index (κ3) is 4.30. The summed E-state index contributed by atoms with van der Waals surface area (Å²) in [5.74, 6) is -1.42. The molecule has 2 aromatic rings. The number of carboxylic acids is 1. The van der Waals surface area contributed by atoms with Crippen LogP contribution in [0.15, 0.2) is 48.5 Å². The molecule has 5 rings (SSSR count). The number of nitrogens with one attached hydrogen (secondary N) is 2. The van der Waals surface area contributed by atoms with Gasteiger partial charge < -0.3 is 25.2 Å². The number of rotatable bonds is 7. The number of hydrogen-bond acceptors (Lipinski definition) is 5. The number of carbonyl (C=O) groups is 3. The molecule has 2 aromatic carbocycles. The molecule has 0 spiro atoms. The van der Waals surface area contributed by atoms with E-state index in [0.29, 0.717) is 25.9 Å². The van der Waals surface area contributed by atoms with Crippen LogP contribution in [0.5, 0.6) is 0 Å². The molecule has 1 saturated heterocycles. The SMILES string of the molecule is O=C(CC1(NC(=O)OCC2c3ccccc3-c3ccccc32)CC1)NC1CCOC1C(=O)O. The monoisotopic (exact) mass is 450 g/mol. The Morgan fingerprint density at radius 1 is 1.03 bits per heavy atom. The lowest BCUT2D eigenvalue weighted by atomic mass is 9.98. The molecule has 8 nitrogen and oxygen atoms in total. The number of hydrogen-bond donors (Lipinski definition) is 3. The minimum absolute atomic E-state index is 0.0306. The molecule has 0 radical (unpaired) electrons. The smallest absolute Gasteiger partial charge is 0.407 e. The number of carbonyl (C=O) groups excluding carboxylic acids is 2. The molecule has 8 heteroatoms. The first-order chi connectivity index (χ1) is 16.0. The quantitative estimate of drug-likeness (QED) is 0.598. The summed E-state index contributed by atoms with van der Waals surface area (Å²) in [7, 11) is 0. The average Bonchev–Trinajstić information content (AvgIpc) is 3.24. The predicted molar refractivity (Wildman–Crippen MR) is 119 cm³/mol. The Bertz CT molecular complexity index is 1050. The Kier molecular flexibility index (Phi) is 5.54. The summed E-state index contributed by atoms with van der Waals surface area (Å²) in [5, 5.41) is 14.8. The molecule has 1 heterocycles. The third-order valence-corrected chi connectivity index (χ3v) is 6.74. The van der Waals surface area contributed by atoms with Crippen LogP contribution in [0, 0.1) is 0 Å². The minimum atomic E-state index is -1.09. The first-order valence-electron chi connectivity index (χ1n) is 11.2. The van der Waals surface area contributed by atoms with Crippen molar-refractivity contribution in [3.05, 3.63) is 59.7 Å². The minimum Gasteiger partial charge on any atom is -0.479 e. The topological polar surface area (TPSA) is 114 Å². The van der Waals surface area contributed by atoms with E-state index in [9.17, 15) is 19.5 Å². The van der Waals surface area contributed by atoms with Crippen molar-refractivity contribution in [2.45, 2.75) is 49.3 Å². The molecule has 3 aliphatic rings. The molecule has 0 bridgehead atoms. The van der Waals surface area contributed by atoms with Gasteiger partial charge in [-0.25, -0.2) is 9.59 Å². The van der Waals surface area contributed by atoms with Gasteiger partial charge in [0.05, 0.1) is 11.6 Å². The largest absolute Gasteiger partial charge is 0.479 e. The van der Waals surface area contributed by atoms with E-state index in [4.69, 9.17) is 9.47 Å². The molecule has 172 valence electrons. The molecular formula is C25H26N2O6. The van der Waals surface area contributed by atoms with Crippen molar-refractivity contribution >= 4 is 18.0 Å². The maximum absolute atomic E-state index is 12.6. The highest BCUT2D eigenvalue weighted by atomic mass is 16.5. The zero-order chi connectivity index (χ0) is 23.0. The fraction of sp³-hybridized carbons (Fsp3) is 0.400. The third-order valence-electron chi connectivity index (χ3n) is 6.74. The number of aliphatic carboxylic acids is 1. The Hall–Kier alpha value is -3.39. The van der Waals surface area contributed by atoms with Gasteiger partial charge in [0.1, 0.15) is 6.61 Å². The van der Waals surface area contributed by atoms with Gasteiger partial charge >= 0.3 is 12.1 Å². The molecule has 0 aromatic heterocycles. The number of fused-ring (bicyclic) bond motifs is 3. The number of amides is 2. The summed E-state index contributed by atoms with van der Waals surface area (Å²) < 4.78 is 10.8. The van der Waals surface area contributed by atoms with Crippen molar-refractivity contribution in [3.8, 4) is 11.1 Å². The normalized spacial score (nSPS) is 22.2. The van der Waals surface area contributed by atoms with Gasteiger partial charge in [0, 0.05) is 18.9 Å². The van der Waals surface area contributed by atoms with Crippen molar-refractivity contribution in [1.82, 2.24) is 10.6 Å². The van der Waals surface area contributed by atoms with E-state index in [1.165, 1.54) is 0 Å². The lowest BCUT2D eigenvalue weighted by Gasteiger charge is -2.21. The van der Waals surface area contributed by atoms with Gasteiger partial charge in [0.2, 0.25) is 5.91 Å². The van der Waals surface area contributed by atoms with Crippen LogP contribution in [0.4, 0.5) is 4.79 Å². The van der Waals surface area contributed by atoms with Gasteiger partial charge in [-0.3, -0.25) is 4.79 Å². The van der Waals surface area contributed by atoms with Crippen LogP contribution in [0.3, 0.4) is 0 Å². The summed E-state index contributed by atoms with van der Waals surface area (Å²) in [6.45, 7) is 0.507. The fourth-order valence-electron chi connectivity index (χ4n) is 4.89. The highest BCUT2D eigenvalue weighted by molar-refractivity contribution is 5.82. The zero-order valence-corrected chi connectivity index (χ0v) is 18.1. The van der Waals surface area contributed by atoms with E-state index in [-0.39, 0.29) is 24.9 Å². The molecule has 2 unspecified atom stereocenters. The summed E-state index contributed by atoms with van der Waals surface area (Å²) >= 11 is 0. The van der Waals surface area contributed by atoms with Crippen molar-refractivity contribution in [1.29, 1.82) is 0 Å². The number of ether oxygens (including phenoxy) is 2. The van der Waals surface area contributed by atoms with E-state index >= 15 is 0 Å². The number of carboxylic acid groups (broad SMARTS) is 1. The van der Waals surface area contributed by atoms with Gasteiger partial charge in [-0.1, -0.05) is 48.5 Å². The second kappa shape index (κ2) is 8.51. The number of benzene rings is 2. The van der Waals surface area contributed by atoms with Gasteiger partial charge in [-0.05, 0) is 41.5 Å². The van der Waals surface area contributed by atoms with Crippen LogP contribution in [-0.2, 0) is 19.1 Å². The van der Waals surface area contributed by atoms with E-state index in [2.05, 4.69) is 34.9 Å². The van der Waals surface area contributed by atoms with Crippen LogP contribution in [0.2, 0.25) is 0 Å². The van der Waals surface area contributed by atoms with Gasteiger partial charge in [0.15, 0.2) is 6.10 Å². The summed E-state index contributed by atoms with van der Waals surface area (Å²) in [6.07, 6.45) is 0.312. The average molecular weight is 450 g/mol. The van der Waals surface area contributed by atoms with Crippen molar-refractivity contribution in [2.75, 3.05) is 13.2 Å². The standard InChI is InChI=1S/C25H26N2O6/c28-21(26-20-9-12-32-22(20)23(29)30)13-25(10-11-25)27-24(31)33-14-19-17-7-3-1-5-15(17)16-6-2-4-8-18(16)19/h1-8,19-20,22H,9-14H2,(H,26,28)(H,27,31)(H,29,30). The molecular weight excluding hydrogens is 424 g/mol. The highest BCUT2D eigenvalue weighted by Crippen LogP contribution is 2.44. The van der Waals surface area contributed by atoms with Crippen LogP contribution in [-0.4, -0.2) is 54.0 Å². The van der Waals surface area contributed by atoms with Gasteiger partial charge in [0.25, 0.3) is 0 Å². The Morgan fingerprint density at radius 2 is 1.67 bits per heavy atom. The maximum atomic E-state index is 12.6. The summed E-state index contributed by atoms with van der Waals surface area (Å²) in [5.41, 5.74) is 3.96. The summed E-state index contributed by atoms with van der Waals surface area (Å²) in [6, 6.07) is 15.7. The Morgan fingerprint density at radius 3 is 2.27 bits per heavy atom. The Balaban J connectivity index is 1.16. The van der Waals surface area contributed by atoms with E-state index in [1.54, 1.807) is 0 Å². The predicted octanol–water partition coefficient (Wildman–Crippen LogP) is 2.81. The van der Waals surface area contributed by atoms with E-state index < -0.39 is 29.7 Å². The zero-order valence-electron chi connectivity index (χ0n) is 18.1. The first kappa shape index (κ1) is 21.5. The molecule has 2 aliphatic carbocycles. The molecule has 2 amide bonds. The van der Waals surface area contributed by atoms with E-state index in [0.717, 1.165) is 22.3 Å². The van der Waals surface area contributed by atoms with Crippen molar-refractivity contribution < 1.29 is 29.0 Å². The Labute approximate surface area is 191 Å². The molecule has 33 heavy (non-hydrogen) atoms. The lowest BCUT2D eigenvalue weighted by Crippen LogP contribution is -2.47. The van der Waals surface area contributed by atoms with Gasteiger partial charge in [-0.2, -0.15) is 0 Å². The van der Waals surface area contributed by atoms with E-state index in [1.807, 2.05) is 24.3 Å². The second-order valence-electron chi connectivity index (χ2n) is 9.00. The molecule has 2 atom stereocenters.